The number of pyridine rings is 1. The topological polar surface area (TPSA) is 73.1 Å². The van der Waals surface area contributed by atoms with Crippen LogP contribution in [0.4, 0.5) is 0 Å². The monoisotopic (exact) mass is 360 g/mol. The second kappa shape index (κ2) is 5.41. The number of nitrogens with two attached hydrogens (primary N) is 1. The van der Waals surface area contributed by atoms with Gasteiger partial charge in [-0.3, -0.25) is 0 Å². The van der Waals surface area contributed by atoms with Crippen molar-refractivity contribution in [1.29, 1.82) is 0 Å². The zero-order valence-corrected chi connectivity index (χ0v) is 14.6. The number of hydrogen-bond donors (Lipinski definition) is 1. The molecule has 4 rings (SSSR count). The number of hydrogen-bond acceptors (Lipinski definition) is 3. The van der Waals surface area contributed by atoms with Gasteiger partial charge in [-0.25, -0.2) is 18.5 Å². The van der Waals surface area contributed by atoms with E-state index in [2.05, 4.69) is 4.98 Å². The van der Waals surface area contributed by atoms with Crippen LogP contribution in [0.1, 0.15) is 36.8 Å². The van der Waals surface area contributed by atoms with Crippen molar-refractivity contribution in [3.05, 3.63) is 58.7 Å². The fraction of sp³-hybridized carbons (Fsp3) is 0.278. The lowest BCUT2D eigenvalue weighted by molar-refractivity contribution is 0.568. The van der Waals surface area contributed by atoms with Crippen LogP contribution < -0.4 is 5.14 Å². The molecule has 4 nitrogen and oxygen atoms in total. The first-order valence-corrected chi connectivity index (χ1v) is 9.76. The van der Waals surface area contributed by atoms with Gasteiger partial charge in [0.15, 0.2) is 5.03 Å². The summed E-state index contributed by atoms with van der Waals surface area (Å²) in [6, 6.07) is 11.2. The Hall–Kier alpha value is -1.69. The van der Waals surface area contributed by atoms with Gasteiger partial charge in [0.1, 0.15) is 0 Å². The molecule has 1 aromatic carbocycles. The van der Waals surface area contributed by atoms with Crippen molar-refractivity contribution in [2.45, 2.75) is 30.7 Å². The van der Waals surface area contributed by atoms with Crippen LogP contribution in [-0.4, -0.2) is 13.4 Å². The predicted molar refractivity (Wildman–Crippen MR) is 94.8 cm³/mol. The van der Waals surface area contributed by atoms with Crippen LogP contribution in [-0.2, 0) is 10.0 Å². The number of rotatable bonds is 3. The summed E-state index contributed by atoms with van der Waals surface area (Å²) in [7, 11) is -3.77. The van der Waals surface area contributed by atoms with Crippen LogP contribution in [0.5, 0.6) is 0 Å². The first-order valence-electron chi connectivity index (χ1n) is 7.84. The Bertz CT molecular complexity index is 928. The van der Waals surface area contributed by atoms with Crippen molar-refractivity contribution in [2.75, 3.05) is 0 Å². The number of aromatic nitrogens is 1. The molecule has 2 aliphatic carbocycles. The molecule has 124 valence electrons. The quantitative estimate of drug-likeness (QED) is 0.903. The molecule has 0 radical (unpaired) electrons. The SMILES string of the molecule is NS(=O)(=O)c1ccc(C2=C(c3ccc(Cl)cc3)CC3(CC3)C2)cn1. The van der Waals surface area contributed by atoms with E-state index in [1.807, 2.05) is 24.3 Å². The molecule has 1 saturated carbocycles. The highest BCUT2D eigenvalue weighted by molar-refractivity contribution is 7.89. The van der Waals surface area contributed by atoms with E-state index in [-0.39, 0.29) is 5.03 Å². The predicted octanol–water partition coefficient (Wildman–Crippen LogP) is 3.87. The van der Waals surface area contributed by atoms with Gasteiger partial charge in [0, 0.05) is 11.2 Å². The molecule has 0 saturated heterocycles. The van der Waals surface area contributed by atoms with Crippen molar-refractivity contribution in [2.24, 2.45) is 10.6 Å². The number of primary sulfonamides is 1. The van der Waals surface area contributed by atoms with Gasteiger partial charge in [-0.2, -0.15) is 0 Å². The van der Waals surface area contributed by atoms with Crippen molar-refractivity contribution >= 4 is 32.8 Å². The van der Waals surface area contributed by atoms with Gasteiger partial charge in [0.25, 0.3) is 10.0 Å². The Labute approximate surface area is 146 Å². The van der Waals surface area contributed by atoms with E-state index in [0.717, 1.165) is 23.4 Å². The zero-order chi connectivity index (χ0) is 16.9. The Morgan fingerprint density at radius 3 is 2.04 bits per heavy atom. The van der Waals surface area contributed by atoms with E-state index in [1.165, 1.54) is 35.6 Å². The van der Waals surface area contributed by atoms with Crippen LogP contribution in [0, 0.1) is 5.41 Å². The molecule has 0 unspecified atom stereocenters. The van der Waals surface area contributed by atoms with E-state index in [1.54, 1.807) is 12.3 Å². The van der Waals surface area contributed by atoms with E-state index < -0.39 is 10.0 Å². The lowest BCUT2D eigenvalue weighted by Gasteiger charge is -2.09. The molecule has 2 aromatic rings. The van der Waals surface area contributed by atoms with Crippen molar-refractivity contribution in [3.8, 4) is 0 Å². The van der Waals surface area contributed by atoms with Gasteiger partial charge in [0.2, 0.25) is 0 Å². The average Bonchev–Trinajstić information content (AvgIpc) is 3.19. The Kier molecular flexibility index (Phi) is 3.56. The van der Waals surface area contributed by atoms with Crippen molar-refractivity contribution < 1.29 is 8.42 Å². The lowest BCUT2D eigenvalue weighted by atomic mass is 9.98. The van der Waals surface area contributed by atoms with Gasteiger partial charge in [0.05, 0.1) is 0 Å². The second-order valence-corrected chi connectivity index (χ2v) is 8.69. The van der Waals surface area contributed by atoms with E-state index >= 15 is 0 Å². The fourth-order valence-corrected chi connectivity index (χ4v) is 4.07. The largest absolute Gasteiger partial charge is 0.255 e. The normalized spacial score (nSPS) is 19.1. The number of benzene rings is 1. The molecular formula is C18H17ClN2O2S. The van der Waals surface area contributed by atoms with Crippen LogP contribution in [0.3, 0.4) is 0 Å². The zero-order valence-electron chi connectivity index (χ0n) is 13.0. The average molecular weight is 361 g/mol. The minimum Gasteiger partial charge on any atom is -0.243 e. The maximum atomic E-state index is 11.4. The summed E-state index contributed by atoms with van der Waals surface area (Å²) in [6.45, 7) is 0. The van der Waals surface area contributed by atoms with E-state index in [9.17, 15) is 8.42 Å². The third kappa shape index (κ3) is 2.88. The third-order valence-electron chi connectivity index (χ3n) is 4.99. The number of sulfonamides is 1. The summed E-state index contributed by atoms with van der Waals surface area (Å²) in [6.07, 6.45) is 6.18. The number of allylic oxidation sites excluding steroid dienone is 2. The minimum atomic E-state index is -3.77. The summed E-state index contributed by atoms with van der Waals surface area (Å²) < 4.78 is 22.8. The second-order valence-electron chi connectivity index (χ2n) is 6.75. The first-order chi connectivity index (χ1) is 11.4. The molecule has 1 aromatic heterocycles. The van der Waals surface area contributed by atoms with Gasteiger partial charge in [-0.1, -0.05) is 29.8 Å². The van der Waals surface area contributed by atoms with Gasteiger partial charge >= 0.3 is 0 Å². The van der Waals surface area contributed by atoms with Crippen molar-refractivity contribution in [1.82, 2.24) is 4.98 Å². The molecule has 24 heavy (non-hydrogen) atoms. The van der Waals surface area contributed by atoms with Crippen LogP contribution in [0.15, 0.2) is 47.6 Å². The maximum Gasteiger partial charge on any atom is 0.255 e. The molecule has 2 aliphatic rings. The number of nitrogens with zero attached hydrogens (tertiary/aromatic N) is 1. The van der Waals surface area contributed by atoms with Gasteiger partial charge in [-0.15, -0.1) is 0 Å². The van der Waals surface area contributed by atoms with Gasteiger partial charge < -0.3 is 0 Å². The van der Waals surface area contributed by atoms with Crippen LogP contribution in [0.25, 0.3) is 11.1 Å². The van der Waals surface area contributed by atoms with Crippen LogP contribution in [0.2, 0.25) is 5.02 Å². The number of halogens is 1. The minimum absolute atomic E-state index is 0.0981. The van der Waals surface area contributed by atoms with E-state index in [0.29, 0.717) is 5.41 Å². The summed E-state index contributed by atoms with van der Waals surface area (Å²) in [4.78, 5) is 4.04. The summed E-state index contributed by atoms with van der Waals surface area (Å²) in [5.74, 6) is 0. The van der Waals surface area contributed by atoms with Crippen LogP contribution >= 0.6 is 11.6 Å². The molecular weight excluding hydrogens is 344 g/mol. The summed E-state index contributed by atoms with van der Waals surface area (Å²) >= 11 is 6.01. The lowest BCUT2D eigenvalue weighted by Crippen LogP contribution is -2.13. The summed E-state index contributed by atoms with van der Waals surface area (Å²) in [5.41, 5.74) is 5.10. The molecule has 1 heterocycles. The van der Waals surface area contributed by atoms with Gasteiger partial charge in [-0.05, 0) is 71.6 Å². The fourth-order valence-electron chi connectivity index (χ4n) is 3.49. The van der Waals surface area contributed by atoms with Crippen molar-refractivity contribution in [3.63, 3.8) is 0 Å². The third-order valence-corrected chi connectivity index (χ3v) is 6.07. The Balaban J connectivity index is 1.77. The molecule has 0 amide bonds. The van der Waals surface area contributed by atoms with E-state index in [4.69, 9.17) is 16.7 Å². The smallest absolute Gasteiger partial charge is 0.243 e. The molecule has 0 aliphatic heterocycles. The molecule has 0 atom stereocenters. The highest BCUT2D eigenvalue weighted by Gasteiger charge is 2.48. The standard InChI is InChI=1S/C18H17ClN2O2S/c19-14-4-1-12(2-5-14)15-9-18(7-8-18)10-16(15)13-3-6-17(21-11-13)24(20,22)23/h1-6,11H,7-10H2,(H2,20,22,23). The summed E-state index contributed by atoms with van der Waals surface area (Å²) in [5, 5.41) is 5.75. The Morgan fingerprint density at radius 2 is 1.54 bits per heavy atom. The highest BCUT2D eigenvalue weighted by Crippen LogP contribution is 2.63. The molecule has 1 fully saturated rings. The highest BCUT2D eigenvalue weighted by atomic mass is 35.5. The molecule has 6 heteroatoms. The maximum absolute atomic E-state index is 11.4. The first kappa shape index (κ1) is 15.8. The Morgan fingerprint density at radius 1 is 0.958 bits per heavy atom. The molecule has 1 spiro atoms. The molecule has 2 N–H and O–H groups in total. The molecule has 0 bridgehead atoms.